The van der Waals surface area contributed by atoms with Gasteiger partial charge in [0.25, 0.3) is 0 Å². The Morgan fingerprint density at radius 3 is 2.58 bits per heavy atom. The van der Waals surface area contributed by atoms with E-state index >= 15 is 4.39 Å². The highest BCUT2D eigenvalue weighted by Crippen LogP contribution is 2.49. The molecule has 16 nitrogen and oxygen atoms in total. The minimum atomic E-state index is -4.44. The maximum atomic E-state index is 16.1. The molecule has 1 aliphatic heterocycles. The van der Waals surface area contributed by atoms with Crippen molar-refractivity contribution < 1.29 is 42.1 Å². The number of carbonyl (C=O) groups excluding carboxylic acids is 1. The number of aliphatic hydroxyl groups is 1. The molecule has 5 rings (SSSR count). The van der Waals surface area contributed by atoms with Crippen molar-refractivity contribution in [3.63, 3.8) is 0 Å². The predicted octanol–water partition coefficient (Wildman–Crippen LogP) is 2.79. The second kappa shape index (κ2) is 12.4. The molecular formula is C27H34FN8O8P. The van der Waals surface area contributed by atoms with Crippen LogP contribution in [0.5, 0.6) is 11.6 Å². The van der Waals surface area contributed by atoms with E-state index in [0.717, 1.165) is 6.92 Å². The summed E-state index contributed by atoms with van der Waals surface area (Å²) in [5.41, 5.74) is 5.26. The molecular weight excluding hydrogens is 614 g/mol. The number of imidazole rings is 1. The molecule has 1 fully saturated rings. The summed E-state index contributed by atoms with van der Waals surface area (Å²) >= 11 is 0. The van der Waals surface area contributed by atoms with Crippen LogP contribution in [-0.4, -0.2) is 84.3 Å². The molecule has 4 aromatic rings. The molecule has 0 bridgehead atoms. The molecule has 4 heterocycles. The highest BCUT2D eigenvalue weighted by molar-refractivity contribution is 7.52. The highest BCUT2D eigenvalue weighted by Gasteiger charge is 2.56. The first-order valence-corrected chi connectivity index (χ1v) is 15.5. The number of hydrogen-bond donors (Lipinski definition) is 3. The number of anilines is 1. The number of aromatic nitrogens is 6. The molecule has 18 heteroatoms. The van der Waals surface area contributed by atoms with Gasteiger partial charge in [-0.25, -0.2) is 13.9 Å². The summed E-state index contributed by atoms with van der Waals surface area (Å²) in [6, 6.07) is 2.06. The summed E-state index contributed by atoms with van der Waals surface area (Å²) in [5, 5.41) is 13.6. The number of nitrogens with one attached hydrogen (secondary N) is 1. The van der Waals surface area contributed by atoms with Crippen LogP contribution >= 0.6 is 7.75 Å². The van der Waals surface area contributed by atoms with Gasteiger partial charge in [0.05, 0.1) is 37.2 Å². The lowest BCUT2D eigenvalue weighted by atomic mass is 9.98. The van der Waals surface area contributed by atoms with Gasteiger partial charge in [0.15, 0.2) is 23.1 Å². The van der Waals surface area contributed by atoms with Crippen molar-refractivity contribution in [2.45, 2.75) is 70.9 Å². The first kappa shape index (κ1) is 32.4. The third-order valence-corrected chi connectivity index (χ3v) is 8.65. The summed E-state index contributed by atoms with van der Waals surface area (Å²) in [6.07, 6.45) is -0.751. The van der Waals surface area contributed by atoms with Crippen LogP contribution in [0, 0.1) is 6.92 Å². The minimum absolute atomic E-state index is 0.0690. The largest absolute Gasteiger partial charge is 0.479 e. The monoisotopic (exact) mass is 648 g/mol. The summed E-state index contributed by atoms with van der Waals surface area (Å²) in [4.78, 5) is 33.4. The molecule has 3 aromatic heterocycles. The van der Waals surface area contributed by atoms with Gasteiger partial charge in [-0.3, -0.25) is 23.9 Å². The number of esters is 1. The quantitative estimate of drug-likeness (QED) is 0.158. The molecule has 6 atom stereocenters. The van der Waals surface area contributed by atoms with Gasteiger partial charge in [-0.1, -0.05) is 0 Å². The molecule has 242 valence electrons. The number of aryl methyl sites for hydroxylation is 1. The number of ether oxygens (including phenoxy) is 3. The van der Waals surface area contributed by atoms with Gasteiger partial charge in [-0.15, -0.1) is 0 Å². The zero-order valence-corrected chi connectivity index (χ0v) is 26.3. The van der Waals surface area contributed by atoms with Crippen molar-refractivity contribution in [3.8, 4) is 11.6 Å². The predicted molar refractivity (Wildman–Crippen MR) is 158 cm³/mol. The molecule has 0 amide bonds. The molecule has 0 saturated carbocycles. The van der Waals surface area contributed by atoms with Gasteiger partial charge in [0, 0.05) is 18.5 Å². The Hall–Kier alpha value is -4.02. The van der Waals surface area contributed by atoms with Gasteiger partial charge in [0.1, 0.15) is 24.0 Å². The van der Waals surface area contributed by atoms with E-state index < -0.39 is 56.6 Å². The molecule has 1 aliphatic rings. The van der Waals surface area contributed by atoms with E-state index in [1.54, 1.807) is 26.8 Å². The summed E-state index contributed by atoms with van der Waals surface area (Å²) < 4.78 is 59.5. The summed E-state index contributed by atoms with van der Waals surface area (Å²) in [7, 11) is -3.07. The Kier molecular flexibility index (Phi) is 8.92. The van der Waals surface area contributed by atoms with Gasteiger partial charge in [-0.2, -0.15) is 15.1 Å². The number of aliphatic hydroxyl groups excluding tert-OH is 1. The lowest BCUT2D eigenvalue weighted by molar-refractivity contribution is -0.149. The Labute approximate surface area is 257 Å². The van der Waals surface area contributed by atoms with E-state index in [4.69, 9.17) is 29.0 Å². The molecule has 1 aromatic carbocycles. The van der Waals surface area contributed by atoms with E-state index in [1.807, 2.05) is 0 Å². The normalized spacial score (nSPS) is 23.7. The lowest BCUT2D eigenvalue weighted by Crippen LogP contribution is -2.41. The van der Waals surface area contributed by atoms with Gasteiger partial charge in [-0.05, 0) is 46.2 Å². The van der Waals surface area contributed by atoms with Gasteiger partial charge < -0.3 is 29.6 Å². The average molecular weight is 649 g/mol. The standard InChI is InChI=1S/C27H34FN8O8P/c1-13(2)42-24(38)15(4)35-45(39,44-18-10-17-16(9-14(18)3)30-7-8-31-17)41-11-19-21(37)27(5,28)25(43-19)36-12-32-20-22(36)33-26(29)34-23(20)40-6/h7-10,12-13,15,19,21,25,37H,11H2,1-6H3,(H,35,39)(H2,29,33,34)/t15-,19+,21+,25+,27+,45?/m0/s1. The van der Waals surface area contributed by atoms with E-state index in [1.165, 1.54) is 43.4 Å². The van der Waals surface area contributed by atoms with Crippen molar-refractivity contribution in [2.24, 2.45) is 0 Å². The number of fused-ring (bicyclic) bond motifs is 2. The van der Waals surface area contributed by atoms with E-state index in [0.29, 0.717) is 16.6 Å². The minimum Gasteiger partial charge on any atom is -0.479 e. The van der Waals surface area contributed by atoms with Crippen molar-refractivity contribution in [3.05, 3.63) is 36.4 Å². The maximum absolute atomic E-state index is 16.1. The third kappa shape index (κ3) is 6.53. The molecule has 0 aliphatic carbocycles. The zero-order valence-electron chi connectivity index (χ0n) is 25.4. The number of benzene rings is 1. The number of carbonyl (C=O) groups is 1. The fraction of sp³-hybridized carbons (Fsp3) is 0.481. The third-order valence-electron chi connectivity index (χ3n) is 7.02. The first-order valence-electron chi connectivity index (χ1n) is 13.9. The number of rotatable bonds is 11. The lowest BCUT2D eigenvalue weighted by Gasteiger charge is -2.26. The Morgan fingerprint density at radius 1 is 1.22 bits per heavy atom. The van der Waals surface area contributed by atoms with E-state index in [9.17, 15) is 14.5 Å². The number of nitrogen functional groups attached to an aromatic ring is 1. The van der Waals surface area contributed by atoms with Crippen LogP contribution in [0.2, 0.25) is 0 Å². The number of halogens is 1. The number of methoxy groups -OCH3 is 1. The topological polar surface area (TPSA) is 208 Å². The smallest absolute Gasteiger partial charge is 0.459 e. The molecule has 1 unspecified atom stereocenters. The highest BCUT2D eigenvalue weighted by atomic mass is 31.2. The molecule has 1 saturated heterocycles. The number of nitrogens with two attached hydrogens (primary N) is 1. The second-order valence-corrected chi connectivity index (χ2v) is 12.6. The SMILES string of the molecule is COc1nc(N)nc2c1ncn2[C@@H]1O[C@H](COP(=O)(N[C@@H](C)C(=O)OC(C)C)Oc2cc3nccnc3cc2C)[C@@H](O)[C@@]1(C)F. The first-order chi connectivity index (χ1) is 21.2. The van der Waals surface area contributed by atoms with Crippen LogP contribution in [0.25, 0.3) is 22.2 Å². The zero-order chi connectivity index (χ0) is 32.7. The van der Waals surface area contributed by atoms with Crippen LogP contribution in [0.15, 0.2) is 30.9 Å². The molecule has 45 heavy (non-hydrogen) atoms. The fourth-order valence-electron chi connectivity index (χ4n) is 4.78. The van der Waals surface area contributed by atoms with Crippen molar-refractivity contribution in [2.75, 3.05) is 19.5 Å². The van der Waals surface area contributed by atoms with Crippen LogP contribution in [0.3, 0.4) is 0 Å². The van der Waals surface area contributed by atoms with Crippen molar-refractivity contribution >= 4 is 41.9 Å². The van der Waals surface area contributed by atoms with Crippen LogP contribution in [0.1, 0.15) is 39.5 Å². The Balaban J connectivity index is 1.42. The van der Waals surface area contributed by atoms with Crippen LogP contribution in [-0.2, 0) is 23.4 Å². The van der Waals surface area contributed by atoms with Crippen molar-refractivity contribution in [1.29, 1.82) is 0 Å². The Bertz CT molecular complexity index is 1770. The summed E-state index contributed by atoms with van der Waals surface area (Å²) in [5.74, 6) is -0.667. The van der Waals surface area contributed by atoms with E-state index in [-0.39, 0.29) is 28.7 Å². The molecule has 4 N–H and O–H groups in total. The summed E-state index contributed by atoms with van der Waals surface area (Å²) in [6.45, 7) is 6.97. The maximum Gasteiger partial charge on any atom is 0.459 e. The van der Waals surface area contributed by atoms with E-state index in [2.05, 4.69) is 30.0 Å². The fourth-order valence-corrected chi connectivity index (χ4v) is 6.34. The van der Waals surface area contributed by atoms with Crippen LogP contribution < -0.4 is 20.1 Å². The molecule has 0 spiro atoms. The Morgan fingerprint density at radius 2 is 1.91 bits per heavy atom. The second-order valence-electron chi connectivity index (χ2n) is 10.9. The van der Waals surface area contributed by atoms with Gasteiger partial charge in [0.2, 0.25) is 11.8 Å². The number of hydrogen-bond acceptors (Lipinski definition) is 14. The van der Waals surface area contributed by atoms with Gasteiger partial charge >= 0.3 is 13.7 Å². The number of alkyl halides is 1. The average Bonchev–Trinajstić information content (AvgIpc) is 3.48. The number of nitrogens with zero attached hydrogens (tertiary/aromatic N) is 6. The van der Waals surface area contributed by atoms with Crippen molar-refractivity contribution in [1.82, 2.24) is 34.6 Å². The van der Waals surface area contributed by atoms with Crippen LogP contribution in [0.4, 0.5) is 10.3 Å². The molecule has 0 radical (unpaired) electrons.